The molecule has 0 fully saturated rings. The summed E-state index contributed by atoms with van der Waals surface area (Å²) in [6.45, 7) is 1.85. The van der Waals surface area contributed by atoms with E-state index in [0.717, 1.165) is 11.6 Å². The maximum Gasteiger partial charge on any atom is 0.270 e. The number of sulfonamides is 1. The van der Waals surface area contributed by atoms with Crippen molar-refractivity contribution < 1.29 is 13.3 Å². The van der Waals surface area contributed by atoms with Crippen molar-refractivity contribution in [1.82, 2.24) is 0 Å². The lowest BCUT2D eigenvalue weighted by Crippen LogP contribution is -2.14. The molecule has 0 bridgehead atoms. The first-order valence-corrected chi connectivity index (χ1v) is 7.47. The third-order valence-electron chi connectivity index (χ3n) is 2.90. The number of rotatable bonds is 4. The normalized spacial score (nSPS) is 11.1. The van der Waals surface area contributed by atoms with Gasteiger partial charge in [-0.2, -0.15) is 0 Å². The summed E-state index contributed by atoms with van der Waals surface area (Å²) in [5.41, 5.74) is 1.44. The number of nitrogens with zero attached hydrogens (tertiary/aromatic N) is 1. The summed E-state index contributed by atoms with van der Waals surface area (Å²) in [4.78, 5) is 9.76. The summed E-state index contributed by atoms with van der Waals surface area (Å²) < 4.78 is 23.2. The van der Waals surface area contributed by atoms with Crippen molar-refractivity contribution in [2.75, 3.05) is 5.32 Å². The predicted molar refractivity (Wildman–Crippen MR) is 78.9 cm³/mol. The van der Waals surface area contributed by atoms with E-state index >= 15 is 0 Å². The zero-order valence-corrected chi connectivity index (χ0v) is 11.9. The second-order valence-corrected chi connectivity index (χ2v) is 5.95. The lowest BCUT2D eigenvalue weighted by molar-refractivity contribution is -0.385. The Morgan fingerprint density at radius 1 is 1.14 bits per heavy atom. The lowest BCUT2D eigenvalue weighted by Gasteiger charge is -2.12. The van der Waals surface area contributed by atoms with Crippen LogP contribution in [0.3, 0.4) is 0 Å². The Labute approximate surface area is 121 Å². The van der Waals surface area contributed by atoms with Gasteiger partial charge < -0.3 is 5.32 Å². The molecular weight excluding hydrogens is 294 g/mol. The Morgan fingerprint density at radius 3 is 2.38 bits per heavy atom. The quantitative estimate of drug-likeness (QED) is 0.664. The molecule has 0 heterocycles. The molecule has 8 heteroatoms. The van der Waals surface area contributed by atoms with Gasteiger partial charge in [-0.05, 0) is 24.6 Å². The SMILES string of the molecule is Cc1ccccc1Nc1ccc([N+](=O)[O-])cc1S(N)(=O)=O. The highest BCUT2D eigenvalue weighted by molar-refractivity contribution is 7.89. The fraction of sp³-hybridized carbons (Fsp3) is 0.0769. The Hall–Kier alpha value is -2.45. The van der Waals surface area contributed by atoms with E-state index < -0.39 is 14.9 Å². The number of anilines is 2. The summed E-state index contributed by atoms with van der Waals surface area (Å²) in [5.74, 6) is 0. The molecule has 2 aromatic carbocycles. The smallest absolute Gasteiger partial charge is 0.270 e. The van der Waals surface area contributed by atoms with E-state index in [0.29, 0.717) is 5.69 Å². The van der Waals surface area contributed by atoms with Crippen LogP contribution < -0.4 is 10.5 Å². The Balaban J connectivity index is 2.54. The number of aryl methyl sites for hydroxylation is 1. The summed E-state index contributed by atoms with van der Waals surface area (Å²) in [7, 11) is -4.09. The van der Waals surface area contributed by atoms with Crippen LogP contribution in [0.1, 0.15) is 5.56 Å². The van der Waals surface area contributed by atoms with Crippen molar-refractivity contribution >= 4 is 27.1 Å². The Bertz CT molecular complexity index is 803. The molecule has 0 atom stereocenters. The van der Waals surface area contributed by atoms with Gasteiger partial charge in [0.2, 0.25) is 10.0 Å². The number of hydrogen-bond donors (Lipinski definition) is 2. The van der Waals surface area contributed by atoms with E-state index in [4.69, 9.17) is 5.14 Å². The fourth-order valence-electron chi connectivity index (χ4n) is 1.82. The highest BCUT2D eigenvalue weighted by atomic mass is 32.2. The number of nitrogens with one attached hydrogen (secondary N) is 1. The van der Waals surface area contributed by atoms with E-state index in [2.05, 4.69) is 5.32 Å². The van der Waals surface area contributed by atoms with Crippen LogP contribution in [0.4, 0.5) is 17.1 Å². The van der Waals surface area contributed by atoms with Gasteiger partial charge in [-0.3, -0.25) is 10.1 Å². The average molecular weight is 307 g/mol. The van der Waals surface area contributed by atoms with E-state index in [1.54, 1.807) is 12.1 Å². The average Bonchev–Trinajstić information content (AvgIpc) is 2.40. The van der Waals surface area contributed by atoms with Crippen molar-refractivity contribution in [2.24, 2.45) is 5.14 Å². The molecule has 0 saturated carbocycles. The molecule has 0 aliphatic heterocycles. The first-order chi connectivity index (χ1) is 9.79. The van der Waals surface area contributed by atoms with Crippen LogP contribution in [0.5, 0.6) is 0 Å². The molecule has 0 aromatic heterocycles. The third-order valence-corrected chi connectivity index (χ3v) is 3.85. The van der Waals surface area contributed by atoms with E-state index in [1.165, 1.54) is 12.1 Å². The van der Waals surface area contributed by atoms with Crippen LogP contribution in [-0.2, 0) is 10.0 Å². The number of nitro benzene ring substituents is 1. The molecule has 110 valence electrons. The topological polar surface area (TPSA) is 115 Å². The van der Waals surface area contributed by atoms with Crippen LogP contribution in [0.25, 0.3) is 0 Å². The molecule has 0 radical (unpaired) electrons. The minimum Gasteiger partial charge on any atom is -0.354 e. The van der Waals surface area contributed by atoms with Crippen LogP contribution in [0.15, 0.2) is 47.4 Å². The summed E-state index contributed by atoms with van der Waals surface area (Å²) in [5, 5.41) is 18.8. The van der Waals surface area contributed by atoms with Crippen LogP contribution >= 0.6 is 0 Å². The number of hydrogen-bond acceptors (Lipinski definition) is 5. The number of nitro groups is 1. The molecule has 0 saturated heterocycles. The molecule has 2 aromatic rings. The minimum absolute atomic E-state index is 0.192. The first kappa shape index (κ1) is 14.9. The van der Waals surface area contributed by atoms with Crippen molar-refractivity contribution in [2.45, 2.75) is 11.8 Å². The van der Waals surface area contributed by atoms with Crippen molar-refractivity contribution in [3.05, 3.63) is 58.1 Å². The van der Waals surface area contributed by atoms with Gasteiger partial charge in [0.25, 0.3) is 5.69 Å². The maximum absolute atomic E-state index is 11.6. The fourth-order valence-corrected chi connectivity index (χ4v) is 2.53. The molecule has 0 aliphatic rings. The lowest BCUT2D eigenvalue weighted by atomic mass is 10.2. The van der Waals surface area contributed by atoms with Gasteiger partial charge in [-0.1, -0.05) is 18.2 Å². The largest absolute Gasteiger partial charge is 0.354 e. The Morgan fingerprint density at radius 2 is 1.81 bits per heavy atom. The van der Waals surface area contributed by atoms with Gasteiger partial charge in [-0.15, -0.1) is 0 Å². The molecule has 0 amide bonds. The maximum atomic E-state index is 11.6. The monoisotopic (exact) mass is 307 g/mol. The van der Waals surface area contributed by atoms with Crippen LogP contribution in [-0.4, -0.2) is 13.3 Å². The zero-order chi connectivity index (χ0) is 15.6. The van der Waals surface area contributed by atoms with Gasteiger partial charge in [0.05, 0.1) is 10.6 Å². The van der Waals surface area contributed by atoms with E-state index in [9.17, 15) is 18.5 Å². The summed E-state index contributed by atoms with van der Waals surface area (Å²) >= 11 is 0. The number of primary sulfonamides is 1. The molecule has 7 nitrogen and oxygen atoms in total. The zero-order valence-electron chi connectivity index (χ0n) is 11.1. The van der Waals surface area contributed by atoms with Gasteiger partial charge in [0.15, 0.2) is 0 Å². The second kappa shape index (κ2) is 5.51. The van der Waals surface area contributed by atoms with Gasteiger partial charge in [0.1, 0.15) is 4.90 Å². The molecule has 0 aliphatic carbocycles. The van der Waals surface area contributed by atoms with Crippen LogP contribution in [0, 0.1) is 17.0 Å². The van der Waals surface area contributed by atoms with Crippen LogP contribution in [0.2, 0.25) is 0 Å². The van der Waals surface area contributed by atoms with Crippen molar-refractivity contribution in [3.8, 4) is 0 Å². The number of nitrogens with two attached hydrogens (primary N) is 1. The molecule has 0 unspecified atom stereocenters. The molecule has 0 spiro atoms. The van der Waals surface area contributed by atoms with Gasteiger partial charge >= 0.3 is 0 Å². The highest BCUT2D eigenvalue weighted by Gasteiger charge is 2.19. The summed E-state index contributed by atoms with van der Waals surface area (Å²) in [6.07, 6.45) is 0. The molecule has 3 N–H and O–H groups in total. The van der Waals surface area contributed by atoms with Crippen molar-refractivity contribution in [1.29, 1.82) is 0 Å². The third kappa shape index (κ3) is 3.36. The Kier molecular flexibility index (Phi) is 3.92. The number of benzene rings is 2. The highest BCUT2D eigenvalue weighted by Crippen LogP contribution is 2.29. The standard InChI is InChI=1S/C13H13N3O4S/c1-9-4-2-3-5-11(9)15-12-7-6-10(16(17)18)8-13(12)21(14,19)20/h2-8,15H,1H3,(H2,14,19,20). The molecular formula is C13H13N3O4S. The first-order valence-electron chi connectivity index (χ1n) is 5.93. The predicted octanol–water partition coefficient (Wildman–Crippen LogP) is 2.29. The summed E-state index contributed by atoms with van der Waals surface area (Å²) in [6, 6.07) is 10.7. The van der Waals surface area contributed by atoms with Gasteiger partial charge in [0, 0.05) is 17.8 Å². The van der Waals surface area contributed by atoms with Gasteiger partial charge in [-0.25, -0.2) is 13.6 Å². The molecule has 21 heavy (non-hydrogen) atoms. The van der Waals surface area contributed by atoms with E-state index in [-0.39, 0.29) is 16.3 Å². The number of non-ortho nitro benzene ring substituents is 1. The van der Waals surface area contributed by atoms with E-state index in [1.807, 2.05) is 19.1 Å². The molecule has 2 rings (SSSR count). The number of para-hydroxylation sites is 1. The second-order valence-electron chi connectivity index (χ2n) is 4.42. The van der Waals surface area contributed by atoms with Crippen molar-refractivity contribution in [3.63, 3.8) is 0 Å². The minimum atomic E-state index is -4.09.